The molecular formula is C28H37NO5S. The Kier molecular flexibility index (Phi) is 9.78. The molecule has 0 aromatic heterocycles. The van der Waals surface area contributed by atoms with Crippen LogP contribution < -0.4 is 4.90 Å². The van der Waals surface area contributed by atoms with Crippen LogP contribution in [0.5, 0.6) is 0 Å². The van der Waals surface area contributed by atoms with Crippen molar-refractivity contribution in [1.29, 1.82) is 0 Å². The summed E-state index contributed by atoms with van der Waals surface area (Å²) in [5.74, 6) is -1.86. The molecular weight excluding hydrogens is 462 g/mol. The lowest BCUT2D eigenvalue weighted by atomic mass is 10.1. The van der Waals surface area contributed by atoms with Gasteiger partial charge in [0.05, 0.1) is 17.9 Å². The number of carbonyl (C=O) groups excluding carboxylic acids is 2. The van der Waals surface area contributed by atoms with Crippen molar-refractivity contribution < 1.29 is 23.8 Å². The monoisotopic (exact) mass is 499 g/mol. The van der Waals surface area contributed by atoms with E-state index in [-0.39, 0.29) is 17.1 Å². The summed E-state index contributed by atoms with van der Waals surface area (Å²) in [5, 5.41) is 0.281. The first-order chi connectivity index (χ1) is 16.9. The van der Waals surface area contributed by atoms with E-state index in [1.807, 2.05) is 36.4 Å². The molecule has 1 aliphatic rings. The summed E-state index contributed by atoms with van der Waals surface area (Å²) < 4.78 is 16.4. The van der Waals surface area contributed by atoms with Gasteiger partial charge in [0.25, 0.3) is 11.7 Å². The fraction of sp³-hybridized carbons (Fsp3) is 0.500. The number of anilines is 1. The van der Waals surface area contributed by atoms with Crippen molar-refractivity contribution in [3.63, 3.8) is 0 Å². The maximum Gasteiger partial charge on any atom is 0.338 e. The summed E-state index contributed by atoms with van der Waals surface area (Å²) in [6.45, 7) is 7.17. The summed E-state index contributed by atoms with van der Waals surface area (Å²) in [6, 6.07) is 13.7. The second kappa shape index (κ2) is 12.6. The molecule has 0 saturated carbocycles. The molecule has 6 nitrogen and oxygen atoms in total. The minimum Gasteiger partial charge on any atom is -0.462 e. The van der Waals surface area contributed by atoms with Crippen LogP contribution in [-0.4, -0.2) is 44.5 Å². The zero-order valence-electron chi connectivity index (χ0n) is 21.5. The van der Waals surface area contributed by atoms with Gasteiger partial charge in [-0.15, -0.1) is 11.8 Å². The predicted molar refractivity (Wildman–Crippen MR) is 140 cm³/mol. The summed E-state index contributed by atoms with van der Waals surface area (Å²) in [4.78, 5) is 28.1. The Hall–Kier alpha value is -2.35. The van der Waals surface area contributed by atoms with Crippen molar-refractivity contribution in [2.45, 2.75) is 68.8 Å². The number of benzene rings is 2. The Morgan fingerprint density at radius 3 is 2.37 bits per heavy atom. The number of carbonyl (C=O) groups is 2. The second-order valence-corrected chi connectivity index (χ2v) is 10.3. The molecule has 1 unspecified atom stereocenters. The molecule has 7 heteroatoms. The number of fused-ring (bicyclic) bond motifs is 1. The number of ether oxygens (including phenoxy) is 3. The van der Waals surface area contributed by atoms with Crippen LogP contribution in [-0.2, 0) is 31.2 Å². The molecule has 2 aromatic carbocycles. The molecule has 1 heterocycles. The van der Waals surface area contributed by atoms with Crippen LogP contribution >= 0.6 is 11.8 Å². The highest BCUT2D eigenvalue weighted by Crippen LogP contribution is 2.45. The molecule has 0 fully saturated rings. The first-order valence-electron chi connectivity index (χ1n) is 12.4. The van der Waals surface area contributed by atoms with Crippen LogP contribution in [0.25, 0.3) is 0 Å². The Morgan fingerprint density at radius 2 is 1.74 bits per heavy atom. The summed E-state index contributed by atoms with van der Waals surface area (Å²) in [5.41, 5.74) is 3.34. The number of thioether (sulfide) groups is 1. The van der Waals surface area contributed by atoms with Crippen LogP contribution in [0.1, 0.15) is 67.9 Å². The number of unbranched alkanes of at least 4 members (excludes halogenated alkanes) is 3. The molecule has 0 radical (unpaired) electrons. The average molecular weight is 500 g/mol. The number of methoxy groups -OCH3 is 2. The molecule has 0 bridgehead atoms. The number of rotatable bonds is 13. The highest BCUT2D eigenvalue weighted by Gasteiger charge is 2.52. The summed E-state index contributed by atoms with van der Waals surface area (Å²) in [6.07, 6.45) is 5.19. The minimum atomic E-state index is -1.40. The number of amides is 1. The first-order valence-corrected chi connectivity index (χ1v) is 13.3. The van der Waals surface area contributed by atoms with Crippen LogP contribution in [0.2, 0.25) is 0 Å². The third-order valence-corrected chi connectivity index (χ3v) is 7.37. The van der Waals surface area contributed by atoms with Gasteiger partial charge in [-0.05, 0) is 55.7 Å². The molecule has 0 spiro atoms. The van der Waals surface area contributed by atoms with Crippen molar-refractivity contribution in [1.82, 2.24) is 0 Å². The number of hydrogen-bond donors (Lipinski definition) is 0. The lowest BCUT2D eigenvalue weighted by Gasteiger charge is -2.25. The van der Waals surface area contributed by atoms with Crippen molar-refractivity contribution in [3.8, 4) is 0 Å². The zero-order valence-corrected chi connectivity index (χ0v) is 22.3. The standard InChI is InChI=1S/C28H37NO5S/c1-6-8-9-10-17-29-25-16-15-23(19-24(25)28(32-4,33-5)27(29)31)35-20(3)18-21-11-13-22(14-12-21)26(30)34-7-2/h11-16,19-20H,6-10,17-18H2,1-5H3. The quantitative estimate of drug-likeness (QED) is 0.147. The molecule has 1 atom stereocenters. The SMILES string of the molecule is CCCCCCN1C(=O)C(OC)(OC)c2cc(SC(C)Cc3ccc(C(=O)OCC)cc3)ccc21. The molecule has 190 valence electrons. The van der Waals surface area contributed by atoms with Crippen LogP contribution in [0.15, 0.2) is 47.4 Å². The van der Waals surface area contributed by atoms with Gasteiger partial charge < -0.3 is 19.1 Å². The highest BCUT2D eigenvalue weighted by molar-refractivity contribution is 8.00. The number of hydrogen-bond acceptors (Lipinski definition) is 6. The van der Waals surface area contributed by atoms with Crippen LogP contribution in [0, 0.1) is 0 Å². The molecule has 2 aromatic rings. The van der Waals surface area contributed by atoms with E-state index in [1.54, 1.807) is 23.6 Å². The first kappa shape index (κ1) is 27.2. The van der Waals surface area contributed by atoms with Gasteiger partial charge in [-0.3, -0.25) is 4.79 Å². The van der Waals surface area contributed by atoms with E-state index in [4.69, 9.17) is 14.2 Å². The minimum absolute atomic E-state index is 0.161. The maximum atomic E-state index is 13.3. The molecule has 0 N–H and O–H groups in total. The van der Waals surface area contributed by atoms with Gasteiger partial charge in [0, 0.05) is 36.5 Å². The molecule has 1 amide bonds. The maximum absolute atomic E-state index is 13.3. The molecule has 1 aliphatic heterocycles. The van der Waals surface area contributed by atoms with E-state index in [9.17, 15) is 9.59 Å². The van der Waals surface area contributed by atoms with Crippen molar-refractivity contribution >= 4 is 29.3 Å². The summed E-state index contributed by atoms with van der Waals surface area (Å²) >= 11 is 1.74. The van der Waals surface area contributed by atoms with Crippen molar-refractivity contribution in [3.05, 3.63) is 59.2 Å². The summed E-state index contributed by atoms with van der Waals surface area (Å²) in [7, 11) is 3.04. The average Bonchev–Trinajstić information content (AvgIpc) is 3.09. The van der Waals surface area contributed by atoms with Gasteiger partial charge in [0.2, 0.25) is 0 Å². The van der Waals surface area contributed by atoms with Gasteiger partial charge in [0.1, 0.15) is 0 Å². The van der Waals surface area contributed by atoms with Crippen molar-refractivity contribution in [2.24, 2.45) is 0 Å². The Balaban J connectivity index is 1.73. The lowest BCUT2D eigenvalue weighted by Crippen LogP contribution is -2.43. The second-order valence-electron chi connectivity index (χ2n) is 8.77. The molecule has 0 saturated heterocycles. The van der Waals surface area contributed by atoms with E-state index in [1.165, 1.54) is 14.2 Å². The van der Waals surface area contributed by atoms with E-state index >= 15 is 0 Å². The Labute approximate surface area is 213 Å². The van der Waals surface area contributed by atoms with Gasteiger partial charge >= 0.3 is 5.97 Å². The largest absolute Gasteiger partial charge is 0.462 e. The normalized spacial score (nSPS) is 15.2. The van der Waals surface area contributed by atoms with Crippen LogP contribution in [0.4, 0.5) is 5.69 Å². The van der Waals surface area contributed by atoms with Gasteiger partial charge in [-0.1, -0.05) is 45.2 Å². The third-order valence-electron chi connectivity index (χ3n) is 6.28. The van der Waals surface area contributed by atoms with Gasteiger partial charge in [0.15, 0.2) is 0 Å². The Bertz CT molecular complexity index is 1000. The van der Waals surface area contributed by atoms with E-state index in [0.29, 0.717) is 18.7 Å². The number of esters is 1. The third kappa shape index (κ3) is 6.08. The lowest BCUT2D eigenvalue weighted by molar-refractivity contribution is -0.209. The Morgan fingerprint density at radius 1 is 1.03 bits per heavy atom. The predicted octanol–water partition coefficient (Wildman–Crippen LogP) is 5.96. The smallest absolute Gasteiger partial charge is 0.338 e. The highest BCUT2D eigenvalue weighted by atomic mass is 32.2. The van der Waals surface area contributed by atoms with Gasteiger partial charge in [-0.2, -0.15) is 0 Å². The fourth-order valence-electron chi connectivity index (χ4n) is 4.48. The van der Waals surface area contributed by atoms with E-state index in [0.717, 1.165) is 53.8 Å². The molecule has 0 aliphatic carbocycles. The molecule has 3 rings (SSSR count). The zero-order chi connectivity index (χ0) is 25.4. The fourth-order valence-corrected chi connectivity index (χ4v) is 5.56. The van der Waals surface area contributed by atoms with Crippen LogP contribution in [0.3, 0.4) is 0 Å². The topological polar surface area (TPSA) is 65.1 Å². The van der Waals surface area contributed by atoms with Gasteiger partial charge in [-0.25, -0.2) is 4.79 Å². The molecule has 35 heavy (non-hydrogen) atoms. The number of nitrogens with zero attached hydrogens (tertiary/aromatic N) is 1. The van der Waals surface area contributed by atoms with Crippen molar-refractivity contribution in [2.75, 3.05) is 32.3 Å². The van der Waals surface area contributed by atoms with E-state index in [2.05, 4.69) is 19.9 Å². The van der Waals surface area contributed by atoms with E-state index < -0.39 is 5.79 Å².